The summed E-state index contributed by atoms with van der Waals surface area (Å²) < 4.78 is 5.16. The molecule has 0 radical (unpaired) electrons. The van der Waals surface area contributed by atoms with Crippen LogP contribution in [-0.4, -0.2) is 48.6 Å². The Labute approximate surface area is 175 Å². The number of rotatable bonds is 6. The van der Waals surface area contributed by atoms with Gasteiger partial charge in [0, 0.05) is 11.3 Å². The highest BCUT2D eigenvalue weighted by molar-refractivity contribution is 5.93. The Morgan fingerprint density at radius 2 is 1.48 bits per heavy atom. The van der Waals surface area contributed by atoms with Gasteiger partial charge in [0.25, 0.3) is 0 Å². The summed E-state index contributed by atoms with van der Waals surface area (Å²) in [6.07, 6.45) is 4.06. The van der Waals surface area contributed by atoms with E-state index in [2.05, 4.69) is 35.8 Å². The predicted octanol–water partition coefficient (Wildman–Crippen LogP) is 2.73. The summed E-state index contributed by atoms with van der Waals surface area (Å²) in [5, 5.41) is 35.8. The van der Waals surface area contributed by atoms with Crippen molar-refractivity contribution < 1.29 is 20.1 Å². The molecule has 0 saturated carbocycles. The Bertz CT molecular complexity index is 1240. The van der Waals surface area contributed by atoms with Gasteiger partial charge in [0.2, 0.25) is 0 Å². The van der Waals surface area contributed by atoms with Crippen LogP contribution in [0.15, 0.2) is 54.2 Å². The first-order chi connectivity index (χ1) is 15.0. The topological polar surface area (TPSA) is 158 Å². The number of nitrogens with one attached hydrogen (secondary N) is 2. The minimum Gasteiger partial charge on any atom is -0.504 e. The molecule has 0 fully saturated rings. The lowest BCUT2D eigenvalue weighted by molar-refractivity contribution is 0.368. The quantitative estimate of drug-likeness (QED) is 0.179. The fraction of sp³-hybridized carbons (Fsp3) is 0.0500. The Morgan fingerprint density at radius 3 is 2.13 bits per heavy atom. The first-order valence-corrected chi connectivity index (χ1v) is 8.96. The molecule has 0 atom stereocenters. The molecule has 31 heavy (non-hydrogen) atoms. The molecule has 2 heterocycles. The van der Waals surface area contributed by atoms with E-state index >= 15 is 0 Å². The van der Waals surface area contributed by atoms with Gasteiger partial charge in [-0.25, -0.2) is 19.9 Å². The van der Waals surface area contributed by atoms with Gasteiger partial charge in [0.1, 0.15) is 29.4 Å². The maximum Gasteiger partial charge on any atom is 0.200 e. The number of nitrogens with zero attached hydrogens (tertiary/aromatic N) is 5. The summed E-state index contributed by atoms with van der Waals surface area (Å²) in [5.74, 6) is 0.0269. The molecular formula is C20H17N7O4. The van der Waals surface area contributed by atoms with E-state index in [1.165, 1.54) is 31.0 Å². The summed E-state index contributed by atoms with van der Waals surface area (Å²) in [6, 6.07) is 9.83. The van der Waals surface area contributed by atoms with E-state index in [1.54, 1.807) is 7.11 Å². The standard InChI is InChI=1S/C20H17N7O4/c1-31-13-4-2-12(3-5-13)26-19-16-17(22-9-23-19)20(24-10-21-16)27-25-8-11-6-14(28)18(30)15(29)7-11/h2-10,28-30H,1H3,(H,21,24,27)(H,22,23,26). The summed E-state index contributed by atoms with van der Waals surface area (Å²) in [4.78, 5) is 16.9. The maximum atomic E-state index is 9.58. The zero-order valence-corrected chi connectivity index (χ0v) is 16.2. The van der Waals surface area contributed by atoms with Gasteiger partial charge in [0.05, 0.1) is 13.3 Å². The van der Waals surface area contributed by atoms with E-state index < -0.39 is 17.2 Å². The molecule has 0 aliphatic rings. The van der Waals surface area contributed by atoms with Crippen molar-refractivity contribution in [3.05, 3.63) is 54.6 Å². The second kappa shape index (κ2) is 8.37. The molecule has 11 nitrogen and oxygen atoms in total. The average Bonchev–Trinajstić information content (AvgIpc) is 2.78. The Kier molecular flexibility index (Phi) is 5.30. The van der Waals surface area contributed by atoms with E-state index in [-0.39, 0.29) is 0 Å². The van der Waals surface area contributed by atoms with E-state index in [1.807, 2.05) is 24.3 Å². The number of fused-ring (bicyclic) bond motifs is 1. The van der Waals surface area contributed by atoms with Crippen LogP contribution in [0.1, 0.15) is 5.56 Å². The number of hydrazone groups is 1. The highest BCUT2D eigenvalue weighted by atomic mass is 16.5. The van der Waals surface area contributed by atoms with Gasteiger partial charge in [-0.3, -0.25) is 5.43 Å². The average molecular weight is 419 g/mol. The van der Waals surface area contributed by atoms with E-state index in [0.29, 0.717) is 28.2 Å². The molecule has 0 aliphatic carbocycles. The summed E-state index contributed by atoms with van der Waals surface area (Å²) >= 11 is 0. The van der Waals surface area contributed by atoms with Crippen molar-refractivity contribution in [2.45, 2.75) is 0 Å². The van der Waals surface area contributed by atoms with Gasteiger partial charge >= 0.3 is 0 Å². The van der Waals surface area contributed by atoms with Gasteiger partial charge in [-0.15, -0.1) is 0 Å². The van der Waals surface area contributed by atoms with Gasteiger partial charge in [-0.05, 0) is 36.4 Å². The highest BCUT2D eigenvalue weighted by Gasteiger charge is 2.11. The molecule has 5 N–H and O–H groups in total. The number of ether oxygens (including phenoxy) is 1. The number of benzene rings is 2. The van der Waals surface area contributed by atoms with Crippen molar-refractivity contribution in [2.24, 2.45) is 5.10 Å². The Morgan fingerprint density at radius 1 is 0.871 bits per heavy atom. The normalized spacial score (nSPS) is 11.0. The maximum absolute atomic E-state index is 9.58. The Hall–Kier alpha value is -4.67. The molecule has 156 valence electrons. The van der Waals surface area contributed by atoms with Crippen molar-refractivity contribution in [3.8, 4) is 23.0 Å². The van der Waals surface area contributed by atoms with Crippen molar-refractivity contribution in [1.29, 1.82) is 0 Å². The molecule has 0 bridgehead atoms. The van der Waals surface area contributed by atoms with Crippen LogP contribution < -0.4 is 15.5 Å². The highest BCUT2D eigenvalue weighted by Crippen LogP contribution is 2.34. The number of phenols is 3. The number of aromatic nitrogens is 4. The molecule has 0 aliphatic heterocycles. The first kappa shape index (κ1) is 19.6. The lowest BCUT2D eigenvalue weighted by Gasteiger charge is -2.09. The first-order valence-electron chi connectivity index (χ1n) is 8.96. The van der Waals surface area contributed by atoms with Gasteiger partial charge in [-0.1, -0.05) is 0 Å². The molecule has 2 aromatic carbocycles. The lowest BCUT2D eigenvalue weighted by Crippen LogP contribution is -2.02. The summed E-state index contributed by atoms with van der Waals surface area (Å²) in [6.45, 7) is 0. The summed E-state index contributed by atoms with van der Waals surface area (Å²) in [5.41, 5.74) is 4.81. The lowest BCUT2D eigenvalue weighted by atomic mass is 10.2. The van der Waals surface area contributed by atoms with Crippen LogP contribution in [0.25, 0.3) is 11.0 Å². The molecule has 2 aromatic heterocycles. The SMILES string of the molecule is COc1ccc(Nc2ncnc3c(NN=Cc4cc(O)c(O)c(O)c4)ncnc23)cc1. The smallest absolute Gasteiger partial charge is 0.200 e. The molecule has 4 rings (SSSR count). The minimum absolute atomic E-state index is 0.327. The molecule has 11 heteroatoms. The Balaban J connectivity index is 1.58. The van der Waals surface area contributed by atoms with Crippen LogP contribution in [0, 0.1) is 0 Å². The fourth-order valence-electron chi connectivity index (χ4n) is 2.73. The zero-order valence-electron chi connectivity index (χ0n) is 16.2. The molecule has 0 saturated heterocycles. The van der Waals surface area contributed by atoms with Gasteiger partial charge in [-0.2, -0.15) is 5.10 Å². The number of anilines is 3. The van der Waals surface area contributed by atoms with Crippen LogP contribution in [0.4, 0.5) is 17.3 Å². The van der Waals surface area contributed by atoms with Crippen molar-refractivity contribution >= 4 is 34.6 Å². The molecule has 4 aromatic rings. The van der Waals surface area contributed by atoms with Crippen molar-refractivity contribution in [2.75, 3.05) is 17.9 Å². The second-order valence-electron chi connectivity index (χ2n) is 6.27. The molecule has 0 spiro atoms. The van der Waals surface area contributed by atoms with E-state index in [9.17, 15) is 15.3 Å². The van der Waals surface area contributed by atoms with Crippen LogP contribution >= 0.6 is 0 Å². The number of methoxy groups -OCH3 is 1. The predicted molar refractivity (Wildman–Crippen MR) is 114 cm³/mol. The van der Waals surface area contributed by atoms with Crippen molar-refractivity contribution in [3.63, 3.8) is 0 Å². The van der Waals surface area contributed by atoms with Crippen LogP contribution in [0.2, 0.25) is 0 Å². The fourth-order valence-corrected chi connectivity index (χ4v) is 2.73. The third kappa shape index (κ3) is 4.19. The third-order valence-corrected chi connectivity index (χ3v) is 4.25. The summed E-state index contributed by atoms with van der Waals surface area (Å²) in [7, 11) is 1.60. The van der Waals surface area contributed by atoms with Crippen molar-refractivity contribution in [1.82, 2.24) is 19.9 Å². The van der Waals surface area contributed by atoms with Gasteiger partial charge < -0.3 is 25.4 Å². The largest absolute Gasteiger partial charge is 0.504 e. The number of hydrogen-bond donors (Lipinski definition) is 5. The van der Waals surface area contributed by atoms with E-state index in [4.69, 9.17) is 4.74 Å². The van der Waals surface area contributed by atoms with Crippen LogP contribution in [-0.2, 0) is 0 Å². The minimum atomic E-state index is -0.597. The molecular weight excluding hydrogens is 402 g/mol. The number of hydrogen-bond acceptors (Lipinski definition) is 11. The number of phenolic OH excluding ortho intramolecular Hbond substituents is 3. The molecule has 0 amide bonds. The monoisotopic (exact) mass is 419 g/mol. The second-order valence-corrected chi connectivity index (χ2v) is 6.27. The van der Waals surface area contributed by atoms with Crippen LogP contribution in [0.3, 0.4) is 0 Å². The van der Waals surface area contributed by atoms with Crippen LogP contribution in [0.5, 0.6) is 23.0 Å². The molecule has 0 unspecified atom stereocenters. The number of aromatic hydroxyl groups is 3. The third-order valence-electron chi connectivity index (χ3n) is 4.25. The zero-order chi connectivity index (χ0) is 21.8. The van der Waals surface area contributed by atoms with E-state index in [0.717, 1.165) is 11.4 Å². The van der Waals surface area contributed by atoms with Gasteiger partial charge in [0.15, 0.2) is 28.9 Å².